The van der Waals surface area contributed by atoms with Crippen molar-refractivity contribution in [3.8, 4) is 5.69 Å². The lowest BCUT2D eigenvalue weighted by atomic mass is 10.1. The average molecular weight is 429 g/mol. The van der Waals surface area contributed by atoms with Gasteiger partial charge < -0.3 is 10.1 Å². The van der Waals surface area contributed by atoms with Crippen LogP contribution in [0.2, 0.25) is 0 Å². The molecule has 0 radical (unpaired) electrons. The normalized spacial score (nSPS) is 10.7. The predicted octanol–water partition coefficient (Wildman–Crippen LogP) is 2.02. The second-order valence-corrected chi connectivity index (χ2v) is 6.94. The van der Waals surface area contributed by atoms with Gasteiger partial charge in [0.25, 0.3) is 5.56 Å². The Hall–Kier alpha value is -4.40. The molecule has 0 bridgehead atoms. The van der Waals surface area contributed by atoms with E-state index < -0.39 is 5.97 Å². The minimum Gasteiger partial charge on any atom is -0.441 e. The van der Waals surface area contributed by atoms with E-state index >= 15 is 0 Å². The van der Waals surface area contributed by atoms with Gasteiger partial charge in [0.15, 0.2) is 12.4 Å². The summed E-state index contributed by atoms with van der Waals surface area (Å²) in [4.78, 5) is 49.7. The molecule has 9 heteroatoms. The standard InChI is InChI=1S/C23H19N5O4/c1-15(29)26-14-32-23(31)17-6-2-7-18(12-17)28-21-19(8-4-10-25-21)27-20(22(28)30)11-16-5-3-9-24-13-16/h2-10,12-13H,11,14H2,1H3,(H,26,29). The maximum atomic E-state index is 13.4. The number of benzene rings is 1. The molecule has 32 heavy (non-hydrogen) atoms. The monoisotopic (exact) mass is 429 g/mol. The van der Waals surface area contributed by atoms with Gasteiger partial charge in [-0.3, -0.25) is 19.1 Å². The summed E-state index contributed by atoms with van der Waals surface area (Å²) in [6.45, 7) is 1.08. The molecule has 0 aliphatic rings. The van der Waals surface area contributed by atoms with E-state index in [-0.39, 0.29) is 23.8 Å². The maximum absolute atomic E-state index is 13.4. The van der Waals surface area contributed by atoms with Crippen LogP contribution >= 0.6 is 0 Å². The van der Waals surface area contributed by atoms with Gasteiger partial charge in [-0.2, -0.15) is 0 Å². The lowest BCUT2D eigenvalue weighted by Gasteiger charge is -2.13. The Labute approximate surface area is 182 Å². The second-order valence-electron chi connectivity index (χ2n) is 6.94. The van der Waals surface area contributed by atoms with Gasteiger partial charge in [-0.1, -0.05) is 12.1 Å². The topological polar surface area (TPSA) is 116 Å². The lowest BCUT2D eigenvalue weighted by molar-refractivity contribution is -0.120. The molecule has 3 aromatic heterocycles. The zero-order chi connectivity index (χ0) is 22.5. The van der Waals surface area contributed by atoms with Crippen LogP contribution in [0.15, 0.2) is 71.9 Å². The number of carbonyl (C=O) groups excluding carboxylic acids is 2. The highest BCUT2D eigenvalue weighted by atomic mass is 16.5. The number of ether oxygens (including phenoxy) is 1. The minimum atomic E-state index is -0.629. The molecule has 0 saturated carbocycles. The van der Waals surface area contributed by atoms with Crippen LogP contribution in [-0.4, -0.2) is 38.1 Å². The average Bonchev–Trinajstić information content (AvgIpc) is 2.80. The van der Waals surface area contributed by atoms with Crippen molar-refractivity contribution in [1.29, 1.82) is 0 Å². The lowest BCUT2D eigenvalue weighted by Crippen LogP contribution is -2.26. The molecule has 0 saturated heterocycles. The number of fused-ring (bicyclic) bond motifs is 1. The first-order chi connectivity index (χ1) is 15.5. The van der Waals surface area contributed by atoms with Crippen LogP contribution in [0.3, 0.4) is 0 Å². The Bertz CT molecular complexity index is 1350. The van der Waals surface area contributed by atoms with Gasteiger partial charge in [-0.25, -0.2) is 14.8 Å². The number of hydrogen-bond acceptors (Lipinski definition) is 7. The van der Waals surface area contributed by atoms with Crippen LogP contribution in [0.4, 0.5) is 0 Å². The van der Waals surface area contributed by atoms with Crippen LogP contribution in [0.25, 0.3) is 16.9 Å². The number of amides is 1. The third kappa shape index (κ3) is 4.51. The van der Waals surface area contributed by atoms with Gasteiger partial charge in [-0.05, 0) is 42.0 Å². The van der Waals surface area contributed by atoms with Gasteiger partial charge >= 0.3 is 5.97 Å². The number of carbonyl (C=O) groups is 2. The van der Waals surface area contributed by atoms with Gasteiger partial charge in [0.05, 0.1) is 11.3 Å². The molecule has 9 nitrogen and oxygen atoms in total. The molecule has 4 aromatic rings. The van der Waals surface area contributed by atoms with E-state index in [2.05, 4.69) is 20.3 Å². The smallest absolute Gasteiger partial charge is 0.339 e. The van der Waals surface area contributed by atoms with E-state index in [4.69, 9.17) is 4.74 Å². The second kappa shape index (κ2) is 9.17. The van der Waals surface area contributed by atoms with Crippen molar-refractivity contribution in [2.45, 2.75) is 13.3 Å². The van der Waals surface area contributed by atoms with Gasteiger partial charge in [0.1, 0.15) is 11.2 Å². The molecular formula is C23H19N5O4. The Kier molecular flexibility index (Phi) is 5.98. The number of hydrogen-bond donors (Lipinski definition) is 1. The fourth-order valence-corrected chi connectivity index (χ4v) is 3.18. The van der Waals surface area contributed by atoms with E-state index in [0.717, 1.165) is 5.56 Å². The van der Waals surface area contributed by atoms with Crippen LogP contribution in [-0.2, 0) is 16.0 Å². The molecular weight excluding hydrogens is 410 g/mol. The first-order valence-corrected chi connectivity index (χ1v) is 9.80. The Morgan fingerprint density at radius 2 is 1.94 bits per heavy atom. The quantitative estimate of drug-likeness (QED) is 0.368. The summed E-state index contributed by atoms with van der Waals surface area (Å²) in [5.74, 6) is -0.941. The summed E-state index contributed by atoms with van der Waals surface area (Å²) in [7, 11) is 0. The third-order valence-electron chi connectivity index (χ3n) is 4.64. The van der Waals surface area contributed by atoms with E-state index in [1.807, 2.05) is 6.07 Å². The zero-order valence-electron chi connectivity index (χ0n) is 17.2. The van der Waals surface area contributed by atoms with Crippen molar-refractivity contribution in [2.75, 3.05) is 6.73 Å². The van der Waals surface area contributed by atoms with E-state index in [1.54, 1.807) is 61.1 Å². The summed E-state index contributed by atoms with van der Waals surface area (Å²) >= 11 is 0. The van der Waals surface area contributed by atoms with Crippen LogP contribution in [0, 0.1) is 0 Å². The minimum absolute atomic E-state index is 0.231. The summed E-state index contributed by atoms with van der Waals surface area (Å²) in [6, 6.07) is 13.6. The molecule has 0 atom stereocenters. The fourth-order valence-electron chi connectivity index (χ4n) is 3.18. The number of aromatic nitrogens is 4. The number of pyridine rings is 2. The highest BCUT2D eigenvalue weighted by molar-refractivity contribution is 5.90. The van der Waals surface area contributed by atoms with E-state index in [9.17, 15) is 14.4 Å². The number of esters is 1. The molecule has 0 fully saturated rings. The predicted molar refractivity (Wildman–Crippen MR) is 116 cm³/mol. The first kappa shape index (κ1) is 20.9. The number of nitrogens with one attached hydrogen (secondary N) is 1. The largest absolute Gasteiger partial charge is 0.441 e. The molecule has 3 heterocycles. The summed E-state index contributed by atoms with van der Waals surface area (Å²) in [5.41, 5.74) is 2.43. The summed E-state index contributed by atoms with van der Waals surface area (Å²) < 4.78 is 6.49. The van der Waals surface area contributed by atoms with Crippen LogP contribution in [0.1, 0.15) is 28.5 Å². The van der Waals surface area contributed by atoms with Crippen molar-refractivity contribution in [3.05, 3.63) is 94.3 Å². The van der Waals surface area contributed by atoms with Gasteiger partial charge in [0, 0.05) is 31.9 Å². The number of rotatable bonds is 6. The van der Waals surface area contributed by atoms with Crippen LogP contribution in [0.5, 0.6) is 0 Å². The molecule has 0 aliphatic heterocycles. The molecule has 4 rings (SSSR count). The summed E-state index contributed by atoms with van der Waals surface area (Å²) in [6.07, 6.45) is 5.23. The molecule has 1 N–H and O–H groups in total. The highest BCUT2D eigenvalue weighted by Gasteiger charge is 2.16. The molecule has 0 aliphatic carbocycles. The van der Waals surface area contributed by atoms with Crippen molar-refractivity contribution in [1.82, 2.24) is 24.8 Å². The van der Waals surface area contributed by atoms with E-state index in [0.29, 0.717) is 29.0 Å². The first-order valence-electron chi connectivity index (χ1n) is 9.80. The molecule has 1 amide bonds. The van der Waals surface area contributed by atoms with Crippen LogP contribution < -0.4 is 10.9 Å². The number of nitrogens with zero attached hydrogens (tertiary/aromatic N) is 4. The molecule has 0 spiro atoms. The van der Waals surface area contributed by atoms with E-state index in [1.165, 1.54) is 11.5 Å². The molecule has 0 unspecified atom stereocenters. The molecule has 160 valence electrons. The Morgan fingerprint density at radius 3 is 2.72 bits per heavy atom. The van der Waals surface area contributed by atoms with Gasteiger partial charge in [0.2, 0.25) is 5.91 Å². The SMILES string of the molecule is CC(=O)NCOC(=O)c1cccc(-n2c(=O)c(Cc3cccnc3)nc3cccnc32)c1. The van der Waals surface area contributed by atoms with Crippen molar-refractivity contribution in [3.63, 3.8) is 0 Å². The zero-order valence-corrected chi connectivity index (χ0v) is 17.2. The maximum Gasteiger partial charge on any atom is 0.339 e. The highest BCUT2D eigenvalue weighted by Crippen LogP contribution is 2.16. The fraction of sp³-hybridized carbons (Fsp3) is 0.130. The van der Waals surface area contributed by atoms with Gasteiger partial charge in [-0.15, -0.1) is 0 Å². The van der Waals surface area contributed by atoms with Crippen molar-refractivity contribution < 1.29 is 14.3 Å². The Morgan fingerprint density at radius 1 is 1.09 bits per heavy atom. The summed E-state index contributed by atoms with van der Waals surface area (Å²) in [5, 5.41) is 2.40. The third-order valence-corrected chi connectivity index (χ3v) is 4.64. The Balaban J connectivity index is 1.77. The van der Waals surface area contributed by atoms with Crippen molar-refractivity contribution in [2.24, 2.45) is 0 Å². The molecule has 1 aromatic carbocycles. The van der Waals surface area contributed by atoms with Crippen molar-refractivity contribution >= 4 is 23.0 Å².